The Morgan fingerprint density at radius 3 is 2.95 bits per heavy atom. The van der Waals surface area contributed by atoms with E-state index in [1.165, 1.54) is 0 Å². The average Bonchev–Trinajstić information content (AvgIpc) is 2.91. The SMILES string of the molecule is Cc1[nH]c2ccccc2c1-c1[nH]ncc1CC(=O)O. The highest BCUT2D eigenvalue weighted by molar-refractivity contribution is 5.97. The Kier molecular flexibility index (Phi) is 2.59. The number of carbonyl (C=O) groups is 1. The van der Waals surface area contributed by atoms with Crippen LogP contribution in [0.2, 0.25) is 0 Å². The number of benzene rings is 1. The lowest BCUT2D eigenvalue weighted by Gasteiger charge is -2.01. The fourth-order valence-electron chi connectivity index (χ4n) is 2.42. The minimum Gasteiger partial charge on any atom is -0.481 e. The van der Waals surface area contributed by atoms with Crippen molar-refractivity contribution in [2.75, 3.05) is 0 Å². The molecular formula is C14H13N3O2. The molecule has 0 radical (unpaired) electrons. The largest absolute Gasteiger partial charge is 0.481 e. The first kappa shape index (κ1) is 11.5. The summed E-state index contributed by atoms with van der Waals surface area (Å²) in [6, 6.07) is 7.94. The third kappa shape index (κ3) is 1.89. The first-order chi connectivity index (χ1) is 9.16. The number of aromatic nitrogens is 3. The Labute approximate surface area is 109 Å². The van der Waals surface area contributed by atoms with E-state index in [2.05, 4.69) is 15.2 Å². The quantitative estimate of drug-likeness (QED) is 0.672. The number of nitrogens with one attached hydrogen (secondary N) is 2. The van der Waals surface area contributed by atoms with E-state index < -0.39 is 5.97 Å². The molecule has 5 heteroatoms. The van der Waals surface area contributed by atoms with Crippen molar-refractivity contribution in [3.63, 3.8) is 0 Å². The van der Waals surface area contributed by atoms with Crippen LogP contribution in [0.15, 0.2) is 30.5 Å². The molecule has 0 aliphatic carbocycles. The monoisotopic (exact) mass is 255 g/mol. The molecule has 0 amide bonds. The second-order valence-corrected chi connectivity index (χ2v) is 4.51. The van der Waals surface area contributed by atoms with Crippen LogP contribution >= 0.6 is 0 Å². The van der Waals surface area contributed by atoms with Gasteiger partial charge in [-0.1, -0.05) is 18.2 Å². The number of carboxylic acids is 1. The van der Waals surface area contributed by atoms with Crippen LogP contribution in [-0.2, 0) is 11.2 Å². The van der Waals surface area contributed by atoms with Gasteiger partial charge in [-0.25, -0.2) is 0 Å². The molecule has 0 aliphatic rings. The van der Waals surface area contributed by atoms with E-state index in [4.69, 9.17) is 5.11 Å². The second kappa shape index (κ2) is 4.28. The fraction of sp³-hybridized carbons (Fsp3) is 0.143. The van der Waals surface area contributed by atoms with E-state index >= 15 is 0 Å². The first-order valence-corrected chi connectivity index (χ1v) is 5.98. The zero-order valence-corrected chi connectivity index (χ0v) is 10.4. The van der Waals surface area contributed by atoms with Gasteiger partial charge in [0.2, 0.25) is 0 Å². The summed E-state index contributed by atoms with van der Waals surface area (Å²) in [4.78, 5) is 14.2. The molecular weight excluding hydrogens is 242 g/mol. The van der Waals surface area contributed by atoms with Gasteiger partial charge in [-0.05, 0) is 13.0 Å². The maximum Gasteiger partial charge on any atom is 0.307 e. The molecule has 5 nitrogen and oxygen atoms in total. The second-order valence-electron chi connectivity index (χ2n) is 4.51. The predicted octanol–water partition coefficient (Wildman–Crippen LogP) is 2.49. The van der Waals surface area contributed by atoms with Crippen molar-refractivity contribution in [1.29, 1.82) is 0 Å². The van der Waals surface area contributed by atoms with Gasteiger partial charge >= 0.3 is 5.97 Å². The lowest BCUT2D eigenvalue weighted by molar-refractivity contribution is -0.136. The zero-order chi connectivity index (χ0) is 13.4. The fourth-order valence-corrected chi connectivity index (χ4v) is 2.42. The van der Waals surface area contributed by atoms with E-state index in [9.17, 15) is 4.79 Å². The summed E-state index contributed by atoms with van der Waals surface area (Å²) in [6.07, 6.45) is 1.54. The van der Waals surface area contributed by atoms with E-state index in [1.807, 2.05) is 31.2 Å². The van der Waals surface area contributed by atoms with Crippen LogP contribution in [-0.4, -0.2) is 26.3 Å². The smallest absolute Gasteiger partial charge is 0.307 e. The van der Waals surface area contributed by atoms with Gasteiger partial charge in [0.25, 0.3) is 0 Å². The topological polar surface area (TPSA) is 81.8 Å². The maximum atomic E-state index is 10.9. The summed E-state index contributed by atoms with van der Waals surface area (Å²) in [5.41, 5.74) is 4.49. The molecule has 96 valence electrons. The number of rotatable bonds is 3. The Bertz CT molecular complexity index is 755. The highest BCUT2D eigenvalue weighted by Crippen LogP contribution is 2.32. The molecule has 0 bridgehead atoms. The summed E-state index contributed by atoms with van der Waals surface area (Å²) < 4.78 is 0. The molecule has 0 aliphatic heterocycles. The number of nitrogens with zero attached hydrogens (tertiary/aromatic N) is 1. The van der Waals surface area contributed by atoms with Crippen molar-refractivity contribution in [1.82, 2.24) is 15.2 Å². The molecule has 19 heavy (non-hydrogen) atoms. The molecule has 0 saturated heterocycles. The van der Waals surface area contributed by atoms with Crippen LogP contribution in [0, 0.1) is 6.92 Å². The van der Waals surface area contributed by atoms with Crippen LogP contribution in [0.4, 0.5) is 0 Å². The van der Waals surface area contributed by atoms with Crippen LogP contribution in [0.5, 0.6) is 0 Å². The van der Waals surface area contributed by atoms with Gasteiger partial charge in [0.05, 0.1) is 18.3 Å². The Hall–Kier alpha value is -2.56. The number of aliphatic carboxylic acids is 1. The Morgan fingerprint density at radius 1 is 1.37 bits per heavy atom. The lowest BCUT2D eigenvalue weighted by Crippen LogP contribution is -2.00. The molecule has 3 rings (SSSR count). The van der Waals surface area contributed by atoms with E-state index in [1.54, 1.807) is 6.20 Å². The summed E-state index contributed by atoms with van der Waals surface area (Å²) in [5.74, 6) is -0.861. The zero-order valence-electron chi connectivity index (χ0n) is 10.4. The van der Waals surface area contributed by atoms with Crippen LogP contribution in [0.1, 0.15) is 11.3 Å². The summed E-state index contributed by atoms with van der Waals surface area (Å²) in [5, 5.41) is 16.9. The number of hydrogen-bond acceptors (Lipinski definition) is 2. The molecule has 3 aromatic rings. The highest BCUT2D eigenvalue weighted by Gasteiger charge is 2.16. The minimum atomic E-state index is -0.861. The maximum absolute atomic E-state index is 10.9. The molecule has 0 fully saturated rings. The van der Waals surface area contributed by atoms with Gasteiger partial charge in [0.1, 0.15) is 0 Å². The molecule has 0 unspecified atom stereocenters. The van der Waals surface area contributed by atoms with Crippen molar-refractivity contribution in [2.45, 2.75) is 13.3 Å². The van der Waals surface area contributed by atoms with Gasteiger partial charge in [0.15, 0.2) is 0 Å². The summed E-state index contributed by atoms with van der Waals surface area (Å²) >= 11 is 0. The van der Waals surface area contributed by atoms with Gasteiger partial charge < -0.3 is 10.1 Å². The van der Waals surface area contributed by atoms with E-state index in [0.717, 1.165) is 27.9 Å². The molecule has 3 N–H and O–H groups in total. The number of para-hydroxylation sites is 1. The van der Waals surface area contributed by atoms with Crippen LogP contribution in [0.3, 0.4) is 0 Å². The third-order valence-electron chi connectivity index (χ3n) is 3.20. The number of aryl methyl sites for hydroxylation is 1. The molecule has 0 spiro atoms. The number of H-pyrrole nitrogens is 2. The molecule has 2 heterocycles. The van der Waals surface area contributed by atoms with Crippen molar-refractivity contribution < 1.29 is 9.90 Å². The number of fused-ring (bicyclic) bond motifs is 1. The van der Waals surface area contributed by atoms with Crippen molar-refractivity contribution in [2.24, 2.45) is 0 Å². The predicted molar refractivity (Wildman–Crippen MR) is 72.0 cm³/mol. The van der Waals surface area contributed by atoms with E-state index in [-0.39, 0.29) is 6.42 Å². The molecule has 0 saturated carbocycles. The number of carboxylic acid groups (broad SMARTS) is 1. The summed E-state index contributed by atoms with van der Waals surface area (Å²) in [7, 11) is 0. The van der Waals surface area contributed by atoms with Gasteiger partial charge in [-0.3, -0.25) is 9.89 Å². The Balaban J connectivity index is 2.22. The van der Waals surface area contributed by atoms with Gasteiger partial charge in [0, 0.05) is 27.7 Å². The van der Waals surface area contributed by atoms with Crippen molar-refractivity contribution in [3.8, 4) is 11.3 Å². The Morgan fingerprint density at radius 2 is 2.16 bits per heavy atom. The third-order valence-corrected chi connectivity index (χ3v) is 3.20. The number of aromatic amines is 2. The van der Waals surface area contributed by atoms with E-state index in [0.29, 0.717) is 5.56 Å². The molecule has 2 aromatic heterocycles. The van der Waals surface area contributed by atoms with Crippen LogP contribution in [0.25, 0.3) is 22.2 Å². The lowest BCUT2D eigenvalue weighted by atomic mass is 10.0. The highest BCUT2D eigenvalue weighted by atomic mass is 16.4. The molecule has 1 aromatic carbocycles. The number of hydrogen-bond donors (Lipinski definition) is 3. The van der Waals surface area contributed by atoms with Gasteiger partial charge in [-0.15, -0.1) is 0 Å². The van der Waals surface area contributed by atoms with Crippen molar-refractivity contribution >= 4 is 16.9 Å². The van der Waals surface area contributed by atoms with Crippen molar-refractivity contribution in [3.05, 3.63) is 41.7 Å². The standard InChI is InChI=1S/C14H13N3O2/c1-8-13(10-4-2-3-5-11(10)16-8)14-9(6-12(18)19)7-15-17-14/h2-5,7,16H,6H2,1H3,(H,15,17)(H,18,19). The molecule has 0 atom stereocenters. The normalized spacial score (nSPS) is 11.0. The van der Waals surface area contributed by atoms with Gasteiger partial charge in [-0.2, -0.15) is 5.10 Å². The first-order valence-electron chi connectivity index (χ1n) is 5.98. The summed E-state index contributed by atoms with van der Waals surface area (Å²) in [6.45, 7) is 1.97. The average molecular weight is 255 g/mol. The van der Waals surface area contributed by atoms with Crippen LogP contribution < -0.4 is 0 Å². The minimum absolute atomic E-state index is 0.0369.